The normalized spacial score (nSPS) is 14.7. The van der Waals surface area contributed by atoms with Crippen LogP contribution in [-0.4, -0.2) is 55.4 Å². The number of carbonyl (C=O) groups excluding carboxylic acids is 2. The van der Waals surface area contributed by atoms with Gasteiger partial charge < -0.3 is 19.7 Å². The van der Waals surface area contributed by atoms with Crippen LogP contribution in [0.3, 0.4) is 0 Å². The number of nitrogens with zero attached hydrogens (tertiary/aromatic N) is 3. The van der Waals surface area contributed by atoms with Gasteiger partial charge in [-0.1, -0.05) is 48.0 Å². The van der Waals surface area contributed by atoms with Crippen molar-refractivity contribution in [1.29, 1.82) is 0 Å². The van der Waals surface area contributed by atoms with E-state index in [0.29, 0.717) is 28.6 Å². The molecule has 1 heterocycles. The Bertz CT molecular complexity index is 1280. The van der Waals surface area contributed by atoms with E-state index in [2.05, 4.69) is 10.4 Å². The first-order valence-corrected chi connectivity index (χ1v) is 11.7. The van der Waals surface area contributed by atoms with Crippen molar-refractivity contribution in [2.75, 3.05) is 33.1 Å². The van der Waals surface area contributed by atoms with E-state index in [1.807, 2.05) is 42.5 Å². The average Bonchev–Trinajstić information content (AvgIpc) is 3.35. The molecule has 1 N–H and O–H groups in total. The van der Waals surface area contributed by atoms with E-state index < -0.39 is 6.03 Å². The van der Waals surface area contributed by atoms with Crippen molar-refractivity contribution in [3.05, 3.63) is 88.9 Å². The first-order chi connectivity index (χ1) is 17.4. The molecule has 3 amide bonds. The highest BCUT2D eigenvalue weighted by molar-refractivity contribution is 6.30. The molecule has 36 heavy (non-hydrogen) atoms. The molecule has 9 heteroatoms. The van der Waals surface area contributed by atoms with Gasteiger partial charge in [-0.05, 0) is 42.0 Å². The first-order valence-electron chi connectivity index (χ1n) is 11.3. The lowest BCUT2D eigenvalue weighted by Crippen LogP contribution is -2.41. The second-order valence-electron chi connectivity index (χ2n) is 8.27. The smallest absolute Gasteiger partial charge is 0.322 e. The van der Waals surface area contributed by atoms with Crippen LogP contribution < -0.4 is 14.8 Å². The summed E-state index contributed by atoms with van der Waals surface area (Å²) in [7, 11) is 4.69. The van der Waals surface area contributed by atoms with Crippen LogP contribution in [-0.2, 0) is 4.79 Å². The second-order valence-corrected chi connectivity index (χ2v) is 8.71. The quantitative estimate of drug-likeness (QED) is 0.477. The van der Waals surface area contributed by atoms with Crippen LogP contribution in [0.1, 0.15) is 23.6 Å². The minimum absolute atomic E-state index is 0.167. The Morgan fingerprint density at radius 3 is 2.53 bits per heavy atom. The number of likely N-dealkylation sites (N-methyl/N-ethyl adjacent to an activating group) is 1. The molecule has 1 aliphatic heterocycles. The van der Waals surface area contributed by atoms with Gasteiger partial charge in [0.15, 0.2) is 0 Å². The molecule has 0 saturated carbocycles. The van der Waals surface area contributed by atoms with Crippen molar-refractivity contribution in [3.63, 3.8) is 0 Å². The third-order valence-electron chi connectivity index (χ3n) is 5.89. The summed E-state index contributed by atoms with van der Waals surface area (Å²) in [5.74, 6) is 0.918. The molecule has 0 aromatic heterocycles. The van der Waals surface area contributed by atoms with E-state index in [0.717, 1.165) is 16.8 Å². The Morgan fingerprint density at radius 2 is 1.81 bits per heavy atom. The number of ether oxygens (including phenoxy) is 2. The van der Waals surface area contributed by atoms with Crippen molar-refractivity contribution < 1.29 is 19.1 Å². The number of urea groups is 1. The number of benzene rings is 3. The first kappa shape index (κ1) is 25.1. The molecule has 0 spiro atoms. The lowest BCUT2D eigenvalue weighted by molar-refractivity contribution is -0.133. The van der Waals surface area contributed by atoms with Crippen LogP contribution >= 0.6 is 11.6 Å². The highest BCUT2D eigenvalue weighted by Crippen LogP contribution is 2.34. The molecule has 0 fully saturated rings. The van der Waals surface area contributed by atoms with Crippen LogP contribution in [0.2, 0.25) is 5.02 Å². The third kappa shape index (κ3) is 5.60. The van der Waals surface area contributed by atoms with E-state index in [4.69, 9.17) is 21.1 Å². The summed E-state index contributed by atoms with van der Waals surface area (Å²) in [6, 6.07) is 21.2. The van der Waals surface area contributed by atoms with Gasteiger partial charge in [0.1, 0.15) is 18.0 Å². The van der Waals surface area contributed by atoms with Gasteiger partial charge in [-0.25, -0.2) is 9.80 Å². The molecule has 0 radical (unpaired) electrons. The molecule has 186 valence electrons. The molecule has 3 aromatic carbocycles. The minimum Gasteiger partial charge on any atom is -0.497 e. The maximum absolute atomic E-state index is 13.4. The third-order valence-corrected chi connectivity index (χ3v) is 6.14. The van der Waals surface area contributed by atoms with Gasteiger partial charge in [-0.2, -0.15) is 5.10 Å². The van der Waals surface area contributed by atoms with Crippen LogP contribution in [0.15, 0.2) is 77.9 Å². The SMILES string of the molecule is COc1cccc(C2=NN(C(=O)CN(C)C(=O)Nc3ccccc3OC)[C@H](c3ccc(Cl)cc3)C2)c1. The predicted octanol–water partition coefficient (Wildman–Crippen LogP) is 5.20. The van der Waals surface area contributed by atoms with Gasteiger partial charge in [-0.3, -0.25) is 4.79 Å². The second kappa shape index (κ2) is 11.1. The standard InChI is InChI=1S/C27H27ClN4O4/c1-31(27(34)29-22-9-4-5-10-25(22)36-3)17-26(33)32-24(18-11-13-20(28)14-12-18)16-23(30-32)19-7-6-8-21(15-19)35-2/h4-15,24H,16-17H2,1-3H3,(H,29,34)/t24-/m0/s1. The van der Waals surface area contributed by atoms with Crippen molar-refractivity contribution in [1.82, 2.24) is 9.91 Å². The fourth-order valence-electron chi connectivity index (χ4n) is 3.97. The van der Waals surface area contributed by atoms with Crippen molar-refractivity contribution >= 4 is 34.9 Å². The molecule has 0 unspecified atom stereocenters. The predicted molar refractivity (Wildman–Crippen MR) is 140 cm³/mol. The fraction of sp³-hybridized carbons (Fsp3) is 0.222. The number of nitrogens with one attached hydrogen (secondary N) is 1. The van der Waals surface area contributed by atoms with Gasteiger partial charge in [0.2, 0.25) is 0 Å². The topological polar surface area (TPSA) is 83.5 Å². The monoisotopic (exact) mass is 506 g/mol. The van der Waals surface area contributed by atoms with Gasteiger partial charge in [0.25, 0.3) is 5.91 Å². The minimum atomic E-state index is -0.438. The number of carbonyl (C=O) groups is 2. The maximum atomic E-state index is 13.4. The summed E-state index contributed by atoms with van der Waals surface area (Å²) in [5.41, 5.74) is 3.03. The summed E-state index contributed by atoms with van der Waals surface area (Å²) >= 11 is 6.08. The maximum Gasteiger partial charge on any atom is 0.322 e. The Labute approximate surface area is 215 Å². The van der Waals surface area contributed by atoms with E-state index in [-0.39, 0.29) is 18.5 Å². The molecule has 1 atom stereocenters. The number of hydrogen-bond acceptors (Lipinski definition) is 5. The lowest BCUT2D eigenvalue weighted by Gasteiger charge is -2.25. The van der Waals surface area contributed by atoms with E-state index in [9.17, 15) is 9.59 Å². The molecule has 0 aliphatic carbocycles. The summed E-state index contributed by atoms with van der Waals surface area (Å²) in [6.07, 6.45) is 0.512. The summed E-state index contributed by atoms with van der Waals surface area (Å²) in [5, 5.41) is 9.51. The number of amides is 3. The number of rotatable bonds is 7. The van der Waals surface area contributed by atoms with Gasteiger partial charge >= 0.3 is 6.03 Å². The van der Waals surface area contributed by atoms with E-state index in [1.165, 1.54) is 17.0 Å². The fourth-order valence-corrected chi connectivity index (χ4v) is 4.09. The molecule has 3 aromatic rings. The lowest BCUT2D eigenvalue weighted by atomic mass is 9.98. The number of hydrogen-bond donors (Lipinski definition) is 1. The number of para-hydroxylation sites is 2. The van der Waals surface area contributed by atoms with Gasteiger partial charge in [0, 0.05) is 24.1 Å². The number of methoxy groups -OCH3 is 2. The molecule has 8 nitrogen and oxygen atoms in total. The van der Waals surface area contributed by atoms with E-state index >= 15 is 0 Å². The Kier molecular flexibility index (Phi) is 7.75. The largest absolute Gasteiger partial charge is 0.497 e. The van der Waals surface area contributed by atoms with Gasteiger partial charge in [0.05, 0.1) is 31.7 Å². The van der Waals surface area contributed by atoms with Gasteiger partial charge in [-0.15, -0.1) is 0 Å². The van der Waals surface area contributed by atoms with Crippen molar-refractivity contribution in [2.45, 2.75) is 12.5 Å². The Balaban J connectivity index is 1.55. The molecular formula is C27H27ClN4O4. The van der Waals surface area contributed by atoms with Crippen molar-refractivity contribution in [2.24, 2.45) is 5.10 Å². The Morgan fingerprint density at radius 1 is 1.06 bits per heavy atom. The highest BCUT2D eigenvalue weighted by Gasteiger charge is 2.34. The summed E-state index contributed by atoms with van der Waals surface area (Å²) < 4.78 is 10.6. The molecule has 1 aliphatic rings. The van der Waals surface area contributed by atoms with Crippen LogP contribution in [0, 0.1) is 0 Å². The zero-order valence-corrected chi connectivity index (χ0v) is 21.0. The average molecular weight is 507 g/mol. The van der Waals surface area contributed by atoms with Crippen LogP contribution in [0.4, 0.5) is 10.5 Å². The number of hydrazone groups is 1. The zero-order chi connectivity index (χ0) is 25.7. The summed E-state index contributed by atoms with van der Waals surface area (Å²) in [4.78, 5) is 27.5. The number of halogens is 1. The van der Waals surface area contributed by atoms with E-state index in [1.54, 1.807) is 44.5 Å². The Hall–Kier alpha value is -4.04. The highest BCUT2D eigenvalue weighted by atomic mass is 35.5. The summed E-state index contributed by atoms with van der Waals surface area (Å²) in [6.45, 7) is -0.167. The number of anilines is 1. The van der Waals surface area contributed by atoms with Crippen LogP contribution in [0.25, 0.3) is 0 Å². The molecular weight excluding hydrogens is 480 g/mol. The van der Waals surface area contributed by atoms with Crippen molar-refractivity contribution in [3.8, 4) is 11.5 Å². The molecule has 4 rings (SSSR count). The van der Waals surface area contributed by atoms with Crippen LogP contribution in [0.5, 0.6) is 11.5 Å². The zero-order valence-electron chi connectivity index (χ0n) is 20.3. The molecule has 0 saturated heterocycles. The molecule has 0 bridgehead atoms.